The molecule has 4 aliphatic rings. The summed E-state index contributed by atoms with van der Waals surface area (Å²) in [5.74, 6) is 4.27. The molecule has 4 aliphatic carbocycles. The zero-order valence-corrected chi connectivity index (χ0v) is 28.7. The van der Waals surface area contributed by atoms with E-state index in [-0.39, 0.29) is 17.5 Å². The minimum absolute atomic E-state index is 0.0376. The molecular weight excluding hydrogens is 512 g/mol. The highest BCUT2D eigenvalue weighted by Crippen LogP contribution is 2.66. The molecule has 2 heteroatoms. The number of hydrogen-bond donors (Lipinski definition) is 0. The normalized spacial score (nSPS) is 33.9. The molecule has 8 atom stereocenters. The van der Waals surface area contributed by atoms with Crippen molar-refractivity contribution in [3.05, 3.63) is 35.5 Å². The van der Waals surface area contributed by atoms with Crippen molar-refractivity contribution in [2.75, 3.05) is 0 Å². The number of fused-ring (bicyclic) bond motifs is 5. The summed E-state index contributed by atoms with van der Waals surface area (Å²) in [6.07, 6.45) is 30.8. The van der Waals surface area contributed by atoms with Gasteiger partial charge in [0.1, 0.15) is 6.10 Å². The first kappa shape index (κ1) is 33.6. The van der Waals surface area contributed by atoms with Gasteiger partial charge in [0.2, 0.25) is 0 Å². The number of rotatable bonds is 15. The van der Waals surface area contributed by atoms with Crippen LogP contribution >= 0.6 is 0 Å². The van der Waals surface area contributed by atoms with Crippen molar-refractivity contribution >= 4 is 5.97 Å². The largest absolute Gasteiger partial charge is 0.462 e. The highest BCUT2D eigenvalue weighted by atomic mass is 16.5. The van der Waals surface area contributed by atoms with Crippen LogP contribution in [0.25, 0.3) is 0 Å². The molecule has 3 fully saturated rings. The Balaban J connectivity index is 1.29. The molecule has 0 saturated heterocycles. The lowest BCUT2D eigenvalue weighted by atomic mass is 9.50. The lowest BCUT2D eigenvalue weighted by molar-refractivity contribution is -0.151. The van der Waals surface area contributed by atoms with E-state index in [1.54, 1.807) is 11.1 Å². The fraction of sp³-hybridized carbons (Fsp3) is 0.825. The average molecular weight is 579 g/mol. The van der Waals surface area contributed by atoms with Crippen LogP contribution in [0, 0.1) is 46.3 Å². The summed E-state index contributed by atoms with van der Waals surface area (Å²) < 4.78 is 6.07. The second-order valence-corrected chi connectivity index (χ2v) is 15.9. The minimum atomic E-state index is 0.0376. The van der Waals surface area contributed by atoms with E-state index in [0.29, 0.717) is 35.5 Å². The Kier molecular flexibility index (Phi) is 12.1. The molecule has 238 valence electrons. The second kappa shape index (κ2) is 15.1. The molecule has 0 aromatic heterocycles. The standard InChI is InChI=1S/C40H66O2/c1-8-9-10-11-12-13-14-15-16-17-38(41)42-33-24-26-39(6)32(28-33)20-21-34-36-23-22-35(40(36,7)27-25-37(34)39)31(5)19-18-30(4)29(2)3/h18-21,29-31,33,35-37H,8-17,22-28H2,1-7H3/t30-,31+,33-,35+,36-,37-,39-,40+/m0/s1. The number of esters is 1. The SMILES string of the molecule is CCCCCCCCCCCC(=O)O[C@H]1CC[C@@]2(C)C(=CC=C3[C@@H]4CC[C@H]([C@H](C)C=C[C@H](C)C(C)C)[C@@]4(C)CC[C@@H]32)C1. The molecule has 0 radical (unpaired) electrons. The first-order valence-corrected chi connectivity index (χ1v) is 18.4. The zero-order valence-electron chi connectivity index (χ0n) is 28.7. The summed E-state index contributed by atoms with van der Waals surface area (Å²) in [5.41, 5.74) is 4.00. The number of ether oxygens (including phenoxy) is 1. The number of allylic oxidation sites excluding steroid dienone is 5. The Morgan fingerprint density at radius 2 is 1.55 bits per heavy atom. The number of carbonyl (C=O) groups excluding carboxylic acids is 1. The molecule has 0 aromatic carbocycles. The average Bonchev–Trinajstić information content (AvgIpc) is 3.32. The van der Waals surface area contributed by atoms with E-state index in [1.807, 2.05) is 0 Å². The predicted octanol–water partition coefficient (Wildman–Crippen LogP) is 11.8. The van der Waals surface area contributed by atoms with Crippen LogP contribution in [0.2, 0.25) is 0 Å². The van der Waals surface area contributed by atoms with Crippen molar-refractivity contribution in [1.82, 2.24) is 0 Å². The first-order chi connectivity index (χ1) is 20.1. The van der Waals surface area contributed by atoms with Gasteiger partial charge in [0.05, 0.1) is 0 Å². The topological polar surface area (TPSA) is 26.3 Å². The van der Waals surface area contributed by atoms with Crippen LogP contribution in [-0.2, 0) is 9.53 Å². The Bertz CT molecular complexity index is 970. The Labute approximate surface area is 260 Å². The van der Waals surface area contributed by atoms with Gasteiger partial charge in [-0.25, -0.2) is 0 Å². The molecular formula is C40H66O2. The summed E-state index contributed by atoms with van der Waals surface area (Å²) in [6, 6.07) is 0. The highest BCUT2D eigenvalue weighted by molar-refractivity contribution is 5.69. The van der Waals surface area contributed by atoms with Gasteiger partial charge in [0.15, 0.2) is 0 Å². The van der Waals surface area contributed by atoms with Gasteiger partial charge in [-0.1, -0.05) is 135 Å². The summed E-state index contributed by atoms with van der Waals surface area (Å²) in [7, 11) is 0. The molecule has 0 heterocycles. The van der Waals surface area contributed by atoms with Crippen LogP contribution in [0.15, 0.2) is 35.5 Å². The van der Waals surface area contributed by atoms with E-state index in [0.717, 1.165) is 37.5 Å². The lowest BCUT2D eigenvalue weighted by Crippen LogP contribution is -2.46. The number of hydrogen-bond acceptors (Lipinski definition) is 2. The number of unbranched alkanes of at least 4 members (excludes halogenated alkanes) is 8. The molecule has 0 aromatic rings. The molecule has 0 spiro atoms. The van der Waals surface area contributed by atoms with Crippen LogP contribution in [0.1, 0.15) is 158 Å². The first-order valence-electron chi connectivity index (χ1n) is 18.4. The maximum Gasteiger partial charge on any atom is 0.306 e. The summed E-state index contributed by atoms with van der Waals surface area (Å²) >= 11 is 0. The predicted molar refractivity (Wildman–Crippen MR) is 179 cm³/mol. The van der Waals surface area contributed by atoms with Crippen LogP contribution in [-0.4, -0.2) is 12.1 Å². The Hall–Kier alpha value is -1.31. The van der Waals surface area contributed by atoms with E-state index in [2.05, 4.69) is 72.8 Å². The third-order valence-electron chi connectivity index (χ3n) is 12.8. The van der Waals surface area contributed by atoms with Crippen LogP contribution in [0.3, 0.4) is 0 Å². The molecule has 4 rings (SSSR count). The van der Waals surface area contributed by atoms with Crippen molar-refractivity contribution < 1.29 is 9.53 Å². The maximum atomic E-state index is 12.7. The van der Waals surface area contributed by atoms with Gasteiger partial charge in [-0.3, -0.25) is 4.79 Å². The van der Waals surface area contributed by atoms with Crippen molar-refractivity contribution in [1.29, 1.82) is 0 Å². The minimum Gasteiger partial charge on any atom is -0.462 e. The van der Waals surface area contributed by atoms with E-state index < -0.39 is 0 Å². The molecule has 0 aliphatic heterocycles. The third-order valence-corrected chi connectivity index (χ3v) is 12.8. The van der Waals surface area contributed by atoms with Crippen molar-refractivity contribution in [3.8, 4) is 0 Å². The smallest absolute Gasteiger partial charge is 0.306 e. The number of carbonyl (C=O) groups is 1. The van der Waals surface area contributed by atoms with Gasteiger partial charge >= 0.3 is 5.97 Å². The zero-order chi connectivity index (χ0) is 30.3. The van der Waals surface area contributed by atoms with E-state index in [1.165, 1.54) is 77.0 Å². The van der Waals surface area contributed by atoms with Gasteiger partial charge in [-0.15, -0.1) is 0 Å². The highest BCUT2D eigenvalue weighted by Gasteiger charge is 2.57. The van der Waals surface area contributed by atoms with Gasteiger partial charge < -0.3 is 4.74 Å². The monoisotopic (exact) mass is 579 g/mol. The van der Waals surface area contributed by atoms with Gasteiger partial charge in [0.25, 0.3) is 0 Å². The van der Waals surface area contributed by atoms with Crippen molar-refractivity contribution in [2.45, 2.75) is 164 Å². The van der Waals surface area contributed by atoms with Gasteiger partial charge in [-0.05, 0) is 91.3 Å². The molecule has 0 unspecified atom stereocenters. The molecule has 3 saturated carbocycles. The molecule has 0 bridgehead atoms. The van der Waals surface area contributed by atoms with Crippen molar-refractivity contribution in [3.63, 3.8) is 0 Å². The van der Waals surface area contributed by atoms with Gasteiger partial charge in [-0.2, -0.15) is 0 Å². The maximum absolute atomic E-state index is 12.7. The molecule has 2 nitrogen and oxygen atoms in total. The van der Waals surface area contributed by atoms with Crippen LogP contribution < -0.4 is 0 Å². The van der Waals surface area contributed by atoms with Crippen LogP contribution in [0.5, 0.6) is 0 Å². The fourth-order valence-corrected chi connectivity index (χ4v) is 9.51. The quantitative estimate of drug-likeness (QED) is 0.110. The Morgan fingerprint density at radius 1 is 0.857 bits per heavy atom. The van der Waals surface area contributed by atoms with Gasteiger partial charge in [0, 0.05) is 12.8 Å². The lowest BCUT2D eigenvalue weighted by Gasteiger charge is -2.55. The van der Waals surface area contributed by atoms with E-state index >= 15 is 0 Å². The third kappa shape index (κ3) is 7.66. The van der Waals surface area contributed by atoms with Crippen LogP contribution in [0.4, 0.5) is 0 Å². The van der Waals surface area contributed by atoms with E-state index in [4.69, 9.17) is 4.74 Å². The fourth-order valence-electron chi connectivity index (χ4n) is 9.51. The summed E-state index contributed by atoms with van der Waals surface area (Å²) in [4.78, 5) is 12.7. The Morgan fingerprint density at radius 3 is 2.24 bits per heavy atom. The summed E-state index contributed by atoms with van der Waals surface area (Å²) in [5, 5.41) is 0. The second-order valence-electron chi connectivity index (χ2n) is 15.9. The molecule has 42 heavy (non-hydrogen) atoms. The summed E-state index contributed by atoms with van der Waals surface area (Å²) in [6.45, 7) is 17.0. The van der Waals surface area contributed by atoms with E-state index in [9.17, 15) is 4.79 Å². The van der Waals surface area contributed by atoms with Crippen molar-refractivity contribution in [2.24, 2.45) is 46.3 Å². The molecule has 0 amide bonds. The molecule has 0 N–H and O–H groups in total.